The molecule has 0 bridgehead atoms. The van der Waals surface area contributed by atoms with E-state index >= 15 is 0 Å². The Kier molecular flexibility index (Phi) is 2.45. The van der Waals surface area contributed by atoms with Gasteiger partial charge in [-0.15, -0.1) is 0 Å². The normalized spacial score (nSPS) is 12.0. The summed E-state index contributed by atoms with van der Waals surface area (Å²) >= 11 is 0. The van der Waals surface area contributed by atoms with Crippen LogP contribution in [0.5, 0.6) is 0 Å². The molecule has 0 fully saturated rings. The Bertz CT molecular complexity index is 948. The Balaban J connectivity index is 2.10. The molecule has 2 heteroatoms. The zero-order valence-electron chi connectivity index (χ0n) is 11.2. The monoisotopic (exact) mass is 272 g/mol. The Hall–Kier alpha value is -2.87. The minimum Gasteiger partial charge on any atom is -0.478 e. The summed E-state index contributed by atoms with van der Waals surface area (Å²) in [5.74, 6) is -0.930. The highest BCUT2D eigenvalue weighted by molar-refractivity contribution is 6.23. The van der Waals surface area contributed by atoms with Gasteiger partial charge in [0.25, 0.3) is 0 Å². The van der Waals surface area contributed by atoms with Gasteiger partial charge in [0.1, 0.15) is 0 Å². The van der Waals surface area contributed by atoms with E-state index in [-0.39, 0.29) is 0 Å². The molecular formula is C19H12O2. The largest absolute Gasteiger partial charge is 0.478 e. The van der Waals surface area contributed by atoms with Crippen molar-refractivity contribution in [1.29, 1.82) is 0 Å². The van der Waals surface area contributed by atoms with Crippen LogP contribution in [-0.4, -0.2) is 11.1 Å². The molecule has 0 aliphatic heterocycles. The minimum absolute atomic E-state index is 0.906. The van der Waals surface area contributed by atoms with Crippen LogP contribution in [0.4, 0.5) is 0 Å². The molecule has 0 aromatic heterocycles. The van der Waals surface area contributed by atoms with E-state index in [1.165, 1.54) is 27.6 Å². The topological polar surface area (TPSA) is 37.3 Å². The summed E-state index contributed by atoms with van der Waals surface area (Å²) in [6.45, 7) is 0. The van der Waals surface area contributed by atoms with Crippen molar-refractivity contribution in [3.63, 3.8) is 0 Å². The molecule has 4 rings (SSSR count). The molecule has 0 unspecified atom stereocenters. The van der Waals surface area contributed by atoms with Crippen LogP contribution in [0.2, 0.25) is 0 Å². The number of carboxylic acid groups (broad SMARTS) is 1. The lowest BCUT2D eigenvalue weighted by atomic mass is 9.93. The van der Waals surface area contributed by atoms with Crippen molar-refractivity contribution in [3.8, 4) is 0 Å². The third-order valence-electron chi connectivity index (χ3n) is 3.90. The molecule has 21 heavy (non-hydrogen) atoms. The van der Waals surface area contributed by atoms with E-state index < -0.39 is 5.97 Å². The first kappa shape index (κ1) is 11.9. The van der Waals surface area contributed by atoms with Crippen molar-refractivity contribution in [2.24, 2.45) is 0 Å². The number of carboxylic acids is 1. The van der Waals surface area contributed by atoms with Crippen LogP contribution >= 0.6 is 0 Å². The fraction of sp³-hybridized carbons (Fsp3) is 0. The molecule has 0 saturated carbocycles. The maximum Gasteiger partial charge on any atom is 0.328 e. The van der Waals surface area contributed by atoms with Crippen molar-refractivity contribution in [1.82, 2.24) is 0 Å². The van der Waals surface area contributed by atoms with E-state index in [2.05, 4.69) is 42.5 Å². The van der Waals surface area contributed by atoms with Crippen molar-refractivity contribution >= 4 is 44.4 Å². The number of hydrogen-bond acceptors (Lipinski definition) is 1. The van der Waals surface area contributed by atoms with Gasteiger partial charge in [0, 0.05) is 6.08 Å². The summed E-state index contributed by atoms with van der Waals surface area (Å²) in [6, 6.07) is 18.8. The molecule has 2 nitrogen and oxygen atoms in total. The second-order valence-corrected chi connectivity index (χ2v) is 5.22. The lowest BCUT2D eigenvalue weighted by Gasteiger charge is -2.11. The lowest BCUT2D eigenvalue weighted by Crippen LogP contribution is -1.87. The summed E-state index contributed by atoms with van der Waals surface area (Å²) in [6.07, 6.45) is 2.81. The van der Waals surface area contributed by atoms with Gasteiger partial charge in [0.15, 0.2) is 0 Å². The van der Waals surface area contributed by atoms with Gasteiger partial charge in [0.2, 0.25) is 0 Å². The highest BCUT2D eigenvalue weighted by atomic mass is 16.4. The SMILES string of the molecule is O=C(O)/C=C/c1cc2ccc3cccc4ccc(c1)c2c34. The summed E-state index contributed by atoms with van der Waals surface area (Å²) in [7, 11) is 0. The van der Waals surface area contributed by atoms with E-state index in [0.717, 1.165) is 16.3 Å². The summed E-state index contributed by atoms with van der Waals surface area (Å²) in [5, 5.41) is 16.0. The molecule has 0 saturated heterocycles. The molecule has 4 aromatic carbocycles. The molecule has 1 N–H and O–H groups in total. The van der Waals surface area contributed by atoms with Crippen LogP contribution < -0.4 is 0 Å². The van der Waals surface area contributed by atoms with Gasteiger partial charge in [-0.25, -0.2) is 4.79 Å². The third-order valence-corrected chi connectivity index (χ3v) is 3.90. The maximum absolute atomic E-state index is 10.7. The van der Waals surface area contributed by atoms with Crippen LogP contribution in [0.3, 0.4) is 0 Å². The van der Waals surface area contributed by atoms with Gasteiger partial charge in [-0.3, -0.25) is 0 Å². The fourth-order valence-corrected chi connectivity index (χ4v) is 3.04. The molecule has 4 aromatic rings. The van der Waals surface area contributed by atoms with Crippen LogP contribution in [0.1, 0.15) is 5.56 Å². The Morgan fingerprint density at radius 2 is 1.33 bits per heavy atom. The maximum atomic E-state index is 10.7. The molecule has 100 valence electrons. The first-order valence-corrected chi connectivity index (χ1v) is 6.81. The standard InChI is InChI=1S/C19H12O2/c20-17(21)9-4-12-10-15-7-5-13-2-1-3-14-6-8-16(11-12)19(15)18(13)14/h1-11H,(H,20,21)/b9-4+. The van der Waals surface area contributed by atoms with Gasteiger partial charge >= 0.3 is 5.97 Å². The van der Waals surface area contributed by atoms with Gasteiger partial charge in [0.05, 0.1) is 0 Å². The Labute approximate surface area is 121 Å². The molecule has 0 aliphatic rings. The number of hydrogen-bond donors (Lipinski definition) is 1. The van der Waals surface area contributed by atoms with Crippen molar-refractivity contribution < 1.29 is 9.90 Å². The Morgan fingerprint density at radius 3 is 1.90 bits per heavy atom. The first-order chi connectivity index (χ1) is 10.2. The van der Waals surface area contributed by atoms with E-state index in [1.807, 2.05) is 12.1 Å². The molecule has 0 radical (unpaired) electrons. The zero-order valence-corrected chi connectivity index (χ0v) is 11.2. The first-order valence-electron chi connectivity index (χ1n) is 6.81. The second kappa shape index (κ2) is 4.32. The fourth-order valence-electron chi connectivity index (χ4n) is 3.04. The lowest BCUT2D eigenvalue weighted by molar-refractivity contribution is -0.131. The second-order valence-electron chi connectivity index (χ2n) is 5.22. The van der Waals surface area contributed by atoms with E-state index in [1.54, 1.807) is 6.08 Å². The number of carbonyl (C=O) groups is 1. The number of rotatable bonds is 2. The van der Waals surface area contributed by atoms with Gasteiger partial charge < -0.3 is 5.11 Å². The zero-order chi connectivity index (χ0) is 14.4. The van der Waals surface area contributed by atoms with E-state index in [0.29, 0.717) is 0 Å². The molecule has 0 aliphatic carbocycles. The highest BCUT2D eigenvalue weighted by Crippen LogP contribution is 2.35. The number of aliphatic carboxylic acids is 1. The quantitative estimate of drug-likeness (QED) is 0.425. The average molecular weight is 272 g/mol. The Morgan fingerprint density at radius 1 is 0.810 bits per heavy atom. The van der Waals surface area contributed by atoms with Crippen LogP contribution in [-0.2, 0) is 4.79 Å². The van der Waals surface area contributed by atoms with E-state index in [9.17, 15) is 4.79 Å². The predicted octanol–water partition coefficient (Wildman–Crippen LogP) is 4.68. The van der Waals surface area contributed by atoms with Crippen molar-refractivity contribution in [2.45, 2.75) is 0 Å². The van der Waals surface area contributed by atoms with Gasteiger partial charge in [-0.05, 0) is 56.1 Å². The van der Waals surface area contributed by atoms with Crippen molar-refractivity contribution in [2.75, 3.05) is 0 Å². The molecule has 0 amide bonds. The third kappa shape index (κ3) is 1.84. The van der Waals surface area contributed by atoms with Gasteiger partial charge in [-0.1, -0.05) is 42.5 Å². The van der Waals surface area contributed by atoms with Crippen LogP contribution in [0.25, 0.3) is 38.4 Å². The molecular weight excluding hydrogens is 260 g/mol. The smallest absolute Gasteiger partial charge is 0.328 e. The summed E-state index contributed by atoms with van der Waals surface area (Å²) in [5.41, 5.74) is 0.906. The van der Waals surface area contributed by atoms with Crippen LogP contribution in [0, 0.1) is 0 Å². The van der Waals surface area contributed by atoms with Crippen LogP contribution in [0.15, 0.2) is 60.7 Å². The molecule has 0 atom stereocenters. The van der Waals surface area contributed by atoms with Crippen molar-refractivity contribution in [3.05, 3.63) is 66.2 Å². The average Bonchev–Trinajstić information content (AvgIpc) is 2.50. The molecule has 0 spiro atoms. The number of benzene rings is 4. The van der Waals surface area contributed by atoms with E-state index in [4.69, 9.17) is 5.11 Å². The highest BCUT2D eigenvalue weighted by Gasteiger charge is 2.08. The predicted molar refractivity (Wildman–Crippen MR) is 86.8 cm³/mol. The molecule has 0 heterocycles. The minimum atomic E-state index is -0.930. The van der Waals surface area contributed by atoms with Gasteiger partial charge in [-0.2, -0.15) is 0 Å². The summed E-state index contributed by atoms with van der Waals surface area (Å²) in [4.78, 5) is 10.7. The summed E-state index contributed by atoms with van der Waals surface area (Å²) < 4.78 is 0.